The Morgan fingerprint density at radius 3 is 2.19 bits per heavy atom. The van der Waals surface area contributed by atoms with E-state index in [1.54, 1.807) is 0 Å². The molecule has 16 nitrogen and oxygen atoms in total. The van der Waals surface area contributed by atoms with Crippen LogP contribution in [0.1, 0.15) is 6.92 Å². The normalized spacial score (nSPS) is 13.0. The molecular formula is C26H17Cl2N5O11S3. The molecule has 0 radical (unpaired) electrons. The fraction of sp³-hybridized carbons (Fsp3) is 0.0385. The van der Waals surface area contributed by atoms with Gasteiger partial charge in [0, 0.05) is 12.6 Å². The van der Waals surface area contributed by atoms with Crippen molar-refractivity contribution in [1.82, 2.24) is 4.98 Å². The number of hydrogen-bond donors (Lipinski definition) is 6. The molecule has 47 heavy (non-hydrogen) atoms. The smallest absolute Gasteiger partial charge is 0.300 e. The van der Waals surface area contributed by atoms with E-state index in [1.807, 2.05) is 0 Å². The Hall–Kier alpha value is -4.50. The summed E-state index contributed by atoms with van der Waals surface area (Å²) in [5.41, 5.74) is 4.26. The summed E-state index contributed by atoms with van der Waals surface area (Å²) in [6.07, 6.45) is 0. The maximum Gasteiger partial charge on any atom is 0.300 e. The van der Waals surface area contributed by atoms with E-state index < -0.39 is 88.7 Å². The van der Waals surface area contributed by atoms with Gasteiger partial charge in [-0.25, -0.2) is 13.4 Å². The van der Waals surface area contributed by atoms with Gasteiger partial charge in [0.1, 0.15) is 31.8 Å². The average molecular weight is 743 g/mol. The lowest BCUT2D eigenvalue weighted by Crippen LogP contribution is -2.24. The largest absolute Gasteiger partial charge is 0.450 e. The summed E-state index contributed by atoms with van der Waals surface area (Å²) < 4.78 is 108. The number of nitrogens with one attached hydrogen (secondary N) is 3. The van der Waals surface area contributed by atoms with Crippen molar-refractivity contribution in [2.75, 3.05) is 16.4 Å². The fourth-order valence-corrected chi connectivity index (χ4v) is 8.30. The quantitative estimate of drug-likeness (QED) is 0.0810. The van der Waals surface area contributed by atoms with Gasteiger partial charge >= 0.3 is 10.1 Å². The van der Waals surface area contributed by atoms with Gasteiger partial charge in [0.2, 0.25) is 15.7 Å². The summed E-state index contributed by atoms with van der Waals surface area (Å²) in [4.78, 5) is 12.3. The van der Waals surface area contributed by atoms with Crippen molar-refractivity contribution in [3.63, 3.8) is 0 Å². The molecule has 0 unspecified atom stereocenters. The summed E-state index contributed by atoms with van der Waals surface area (Å²) in [5.74, 6) is -1.94. The number of ether oxygens (including phenoxy) is 1. The minimum absolute atomic E-state index is 0.0302. The molecule has 21 heteroatoms. The molecular weight excluding hydrogens is 725 g/mol. The number of nitrogen functional groups attached to an aromatic ring is 1. The standard InChI is InChI=1S/C26H17Cl2N5O11S3/c1-9(34)31-10-2-4-11(5-3-10)45(35,36)15-8-14-22(26(18(15)30)47(40,41)42)44-24-16(27)19-23(17(28)20(24)33-14)43-21-13(32-19)7-6-12(29)25(21)46(37,38)39/h2-8,30,32H,29H2,1H3,(H,31,34)(H,37,38,39)(H,40,41,42). The number of amides is 1. The number of nitrogens with two attached hydrogens (primary N) is 1. The molecule has 0 fully saturated rings. The molecule has 0 saturated carbocycles. The highest BCUT2D eigenvalue weighted by atomic mass is 35.5. The van der Waals surface area contributed by atoms with Crippen LogP contribution in [0.5, 0.6) is 11.5 Å². The van der Waals surface area contributed by atoms with Crippen LogP contribution >= 0.6 is 23.2 Å². The first kappa shape index (κ1) is 32.4. The molecule has 7 N–H and O–H groups in total. The second kappa shape index (κ2) is 10.8. The molecule has 2 aliphatic heterocycles. The first-order chi connectivity index (χ1) is 21.8. The van der Waals surface area contributed by atoms with Crippen LogP contribution in [0.4, 0.5) is 22.7 Å². The van der Waals surface area contributed by atoms with E-state index in [0.717, 1.165) is 24.3 Å². The zero-order valence-electron chi connectivity index (χ0n) is 23.1. The van der Waals surface area contributed by atoms with Crippen molar-refractivity contribution in [3.05, 3.63) is 57.9 Å². The predicted octanol–water partition coefficient (Wildman–Crippen LogP) is 4.43. The molecule has 1 amide bonds. The average Bonchev–Trinajstić information content (AvgIpc) is 2.96. The van der Waals surface area contributed by atoms with Gasteiger partial charge in [-0.1, -0.05) is 23.2 Å². The van der Waals surface area contributed by atoms with Crippen LogP contribution in [0.2, 0.25) is 10.0 Å². The minimum atomic E-state index is -5.36. The molecule has 0 bridgehead atoms. The number of carbonyl (C=O) groups excluding carboxylic acids is 1. The number of halogens is 2. The molecule has 0 atom stereocenters. The molecule has 0 spiro atoms. The number of hydrogen-bond acceptors (Lipinski definition) is 13. The first-order valence-corrected chi connectivity index (χ1v) is 17.7. The van der Waals surface area contributed by atoms with Gasteiger partial charge in [-0.3, -0.25) is 19.3 Å². The van der Waals surface area contributed by atoms with Crippen LogP contribution < -0.4 is 26.5 Å². The Morgan fingerprint density at radius 1 is 0.957 bits per heavy atom. The van der Waals surface area contributed by atoms with Gasteiger partial charge in [-0.15, -0.1) is 0 Å². The molecule has 0 saturated heterocycles. The number of aromatic nitrogens is 1. The summed E-state index contributed by atoms with van der Waals surface area (Å²) in [7, 11) is -15.0. The third-order valence-corrected chi connectivity index (χ3v) is 11.1. The van der Waals surface area contributed by atoms with Gasteiger partial charge < -0.3 is 25.5 Å². The van der Waals surface area contributed by atoms with E-state index in [9.17, 15) is 39.2 Å². The highest BCUT2D eigenvalue weighted by molar-refractivity contribution is 7.91. The van der Waals surface area contributed by atoms with Gasteiger partial charge in [-0.2, -0.15) is 16.8 Å². The van der Waals surface area contributed by atoms with E-state index in [4.69, 9.17) is 43.5 Å². The highest BCUT2D eigenvalue weighted by Crippen LogP contribution is 2.55. The van der Waals surface area contributed by atoms with Crippen LogP contribution in [-0.2, 0) is 34.9 Å². The van der Waals surface area contributed by atoms with Crippen LogP contribution in [0.25, 0.3) is 22.6 Å². The van der Waals surface area contributed by atoms with Crippen molar-refractivity contribution in [2.45, 2.75) is 26.5 Å². The highest BCUT2D eigenvalue weighted by Gasteiger charge is 2.36. The van der Waals surface area contributed by atoms with Crippen molar-refractivity contribution in [2.24, 2.45) is 0 Å². The van der Waals surface area contributed by atoms with E-state index in [0.29, 0.717) is 0 Å². The van der Waals surface area contributed by atoms with Gasteiger partial charge in [0.15, 0.2) is 32.6 Å². The second-order valence-electron chi connectivity index (χ2n) is 9.90. The van der Waals surface area contributed by atoms with Gasteiger partial charge in [0.05, 0.1) is 21.6 Å². The monoisotopic (exact) mass is 741 g/mol. The van der Waals surface area contributed by atoms with Crippen LogP contribution in [-0.4, -0.2) is 45.3 Å². The van der Waals surface area contributed by atoms with Crippen LogP contribution in [0.15, 0.2) is 66.5 Å². The summed E-state index contributed by atoms with van der Waals surface area (Å²) in [5, 5.41) is 11.9. The number of carbonyl (C=O) groups is 1. The Balaban J connectivity index is 1.62. The van der Waals surface area contributed by atoms with Gasteiger partial charge in [0.25, 0.3) is 10.1 Å². The minimum Gasteiger partial charge on any atom is -0.450 e. The lowest BCUT2D eigenvalue weighted by Gasteiger charge is -2.26. The molecule has 3 aromatic rings. The molecule has 2 heterocycles. The maximum atomic E-state index is 13.6. The SMILES string of the molecule is CC(=O)Nc1ccc(S(=O)(=O)c2cc3nc4c(Cl)c5c(c(Cl)c4oc-3c(S(=O)(=O)O)c2=N)Nc2ccc(N)c(S(=O)(=O)O)c2O5)cc1. The van der Waals surface area contributed by atoms with E-state index >= 15 is 0 Å². The van der Waals surface area contributed by atoms with Crippen molar-refractivity contribution in [1.29, 1.82) is 5.41 Å². The number of nitrogens with zero attached hydrogens (tertiary/aromatic N) is 1. The Morgan fingerprint density at radius 2 is 1.60 bits per heavy atom. The van der Waals surface area contributed by atoms with Crippen molar-refractivity contribution >= 4 is 93.0 Å². The molecule has 0 aromatic heterocycles. The topological polar surface area (TPSA) is 269 Å². The summed E-state index contributed by atoms with van der Waals surface area (Å²) >= 11 is 13.2. The molecule has 244 valence electrons. The lowest BCUT2D eigenvalue weighted by atomic mass is 10.1. The molecule has 6 rings (SSSR count). The van der Waals surface area contributed by atoms with Gasteiger partial charge in [-0.05, 0) is 42.5 Å². The number of benzene rings is 4. The fourth-order valence-electron chi connectivity index (χ4n) is 4.83. The summed E-state index contributed by atoms with van der Waals surface area (Å²) in [6, 6.07) is 8.04. The van der Waals surface area contributed by atoms with E-state index in [1.165, 1.54) is 25.1 Å². The summed E-state index contributed by atoms with van der Waals surface area (Å²) in [6.45, 7) is 1.24. The maximum absolute atomic E-state index is 13.6. The Kier molecular flexibility index (Phi) is 7.43. The number of fused-ring (bicyclic) bond motifs is 4. The second-order valence-corrected chi connectivity index (χ2v) is 15.3. The van der Waals surface area contributed by atoms with Crippen LogP contribution in [0, 0.1) is 5.41 Å². The Bertz CT molecular complexity index is 2590. The molecule has 1 aliphatic carbocycles. The number of rotatable bonds is 5. The zero-order valence-corrected chi connectivity index (χ0v) is 27.1. The van der Waals surface area contributed by atoms with Crippen molar-refractivity contribution in [3.8, 4) is 23.0 Å². The first-order valence-electron chi connectivity index (χ1n) is 12.6. The van der Waals surface area contributed by atoms with Crippen molar-refractivity contribution < 1.29 is 48.3 Å². The lowest BCUT2D eigenvalue weighted by molar-refractivity contribution is -0.114. The third kappa shape index (κ3) is 5.30. The number of sulfone groups is 1. The van der Waals surface area contributed by atoms with E-state index in [-0.39, 0.29) is 39.0 Å². The zero-order chi connectivity index (χ0) is 34.4. The Labute approximate surface area is 274 Å². The van der Waals surface area contributed by atoms with Crippen LogP contribution in [0.3, 0.4) is 0 Å². The van der Waals surface area contributed by atoms with E-state index in [2.05, 4.69) is 15.6 Å². The number of anilines is 4. The molecule has 3 aliphatic rings. The molecule has 3 aromatic carbocycles. The third-order valence-electron chi connectivity index (χ3n) is 6.78. The predicted molar refractivity (Wildman–Crippen MR) is 167 cm³/mol.